The fraction of sp³-hybridized carbons (Fsp3) is 0.485. The van der Waals surface area contributed by atoms with E-state index < -0.39 is 0 Å². The van der Waals surface area contributed by atoms with Crippen LogP contribution in [0.5, 0.6) is 0 Å². The van der Waals surface area contributed by atoms with Gasteiger partial charge in [-0.1, -0.05) is 0 Å². The Kier molecular flexibility index (Phi) is 14.7. The number of amides is 1. The summed E-state index contributed by atoms with van der Waals surface area (Å²) in [5.74, 6) is 1.20. The van der Waals surface area contributed by atoms with Crippen LogP contribution < -0.4 is 0 Å². The third kappa shape index (κ3) is 8.34. The zero-order chi connectivity index (χ0) is 29.2. The molecule has 205 valence electrons. The van der Waals surface area contributed by atoms with Crippen molar-refractivity contribution in [1.82, 2.24) is 2.84 Å². The minimum atomic E-state index is 0.154. The van der Waals surface area contributed by atoms with Crippen molar-refractivity contribution in [3.63, 3.8) is 0 Å². The maximum absolute atomic E-state index is 13.8. The standard InChI is InChI=1S/C29H37NO.2C2H6N.Zr/c1-17(2)24-14-11-15-25(18(3)4)28(24)29(31)30-16-23-12-9-10-13-26(23)27-21(7)19(5)20(6)22(27)8;2*1-3-2;/h9-15,17-18,21H,16H2,1-8H3,(H,30,31);2*1-2H3;/q;2*-1;+3/p-1. The van der Waals surface area contributed by atoms with E-state index >= 15 is 0 Å². The van der Waals surface area contributed by atoms with Gasteiger partial charge in [0, 0.05) is 0 Å². The summed E-state index contributed by atoms with van der Waals surface area (Å²) in [5, 5.41) is 7.00. The van der Waals surface area contributed by atoms with E-state index in [9.17, 15) is 4.79 Å². The Labute approximate surface area is 248 Å². The second kappa shape index (κ2) is 16.3. The van der Waals surface area contributed by atoms with E-state index in [0.717, 1.165) is 41.7 Å². The number of allylic oxidation sites excluding steroid dienone is 4. The smallest absolute Gasteiger partial charge is 0.162 e. The Hall–Kier alpha value is -1.81. The van der Waals surface area contributed by atoms with E-state index in [2.05, 4.69) is 108 Å². The van der Waals surface area contributed by atoms with Gasteiger partial charge in [-0.05, 0) is 0 Å². The van der Waals surface area contributed by atoms with Gasteiger partial charge in [0.2, 0.25) is 0 Å². The van der Waals surface area contributed by atoms with Crippen LogP contribution in [-0.2, 0) is 31.6 Å². The van der Waals surface area contributed by atoms with Crippen LogP contribution in [0.2, 0.25) is 0 Å². The first-order valence-electron chi connectivity index (χ1n) is 13.5. The monoisotopic (exact) mass is 592 g/mol. The van der Waals surface area contributed by atoms with Crippen LogP contribution in [0, 0.1) is 5.92 Å². The van der Waals surface area contributed by atoms with E-state index in [4.69, 9.17) is 0 Å². The van der Waals surface area contributed by atoms with Crippen LogP contribution in [0.1, 0.15) is 99.8 Å². The summed E-state index contributed by atoms with van der Waals surface area (Å²) >= 11 is 1.12. The maximum atomic E-state index is 13.8. The summed E-state index contributed by atoms with van der Waals surface area (Å²) < 4.78 is 1.99. The molecule has 0 aliphatic heterocycles. The van der Waals surface area contributed by atoms with E-state index in [1.807, 2.05) is 2.84 Å². The van der Waals surface area contributed by atoms with Crippen LogP contribution in [0.4, 0.5) is 0 Å². The van der Waals surface area contributed by atoms with Gasteiger partial charge in [0.25, 0.3) is 0 Å². The first kappa shape index (κ1) is 34.2. The summed E-state index contributed by atoms with van der Waals surface area (Å²) in [7, 11) is 7.00. The molecule has 0 radical (unpaired) electrons. The molecule has 5 heteroatoms. The molecule has 38 heavy (non-hydrogen) atoms. The Morgan fingerprint density at radius 2 is 1.32 bits per heavy atom. The number of benzene rings is 2. The molecule has 1 amide bonds. The third-order valence-corrected chi connectivity index (χ3v) is 8.00. The number of carbonyl (C=O) groups excluding carboxylic acids is 1. The van der Waals surface area contributed by atoms with Gasteiger partial charge in [0.15, 0.2) is 0 Å². The number of hydrogen-bond acceptors (Lipinski definition) is 1. The van der Waals surface area contributed by atoms with Gasteiger partial charge in [-0.25, -0.2) is 0 Å². The van der Waals surface area contributed by atoms with E-state index in [1.165, 1.54) is 33.4 Å². The molecule has 4 nitrogen and oxygen atoms in total. The van der Waals surface area contributed by atoms with Crippen molar-refractivity contribution in [2.75, 3.05) is 28.2 Å². The average Bonchev–Trinajstić information content (AvgIpc) is 3.06. The van der Waals surface area contributed by atoms with Gasteiger partial charge >= 0.3 is 211 Å². The molecule has 0 N–H and O–H groups in total. The molecular weight excluding hydrogens is 546 g/mol. The van der Waals surface area contributed by atoms with Crippen LogP contribution in [0.3, 0.4) is 0 Å². The number of carbonyl (C=O) groups is 1. The Balaban J connectivity index is 0.00000110. The minimum absolute atomic E-state index is 0.154. The van der Waals surface area contributed by atoms with Crippen molar-refractivity contribution < 1.29 is 29.8 Å². The molecule has 0 fully saturated rings. The SMILES string of the molecule is CC1=C(C)C(C)C(c2ccccc2C[N]([Zr+2])C(=O)c2c(C(C)C)cccc2C(C)C)=C1C.C[N-]C.C[N-]C. The second-order valence-corrected chi connectivity index (χ2v) is 12.0. The molecule has 2 aromatic rings. The fourth-order valence-electron chi connectivity index (χ4n) is 4.90. The van der Waals surface area contributed by atoms with Crippen molar-refractivity contribution >= 4 is 11.5 Å². The zero-order valence-electron chi connectivity index (χ0n) is 25.7. The molecule has 1 aliphatic carbocycles. The molecule has 0 saturated heterocycles. The first-order valence-corrected chi connectivity index (χ1v) is 14.6. The summed E-state index contributed by atoms with van der Waals surface area (Å²) in [5.41, 5.74) is 11.4. The van der Waals surface area contributed by atoms with Crippen molar-refractivity contribution in [2.24, 2.45) is 5.92 Å². The van der Waals surface area contributed by atoms with E-state index in [1.54, 1.807) is 28.2 Å². The number of hydrogen-bond donors (Lipinski definition) is 0. The fourth-order valence-corrected chi connectivity index (χ4v) is 5.59. The van der Waals surface area contributed by atoms with Gasteiger partial charge in [-0.15, -0.1) is 0 Å². The molecule has 0 heterocycles. The van der Waals surface area contributed by atoms with E-state index in [-0.39, 0.29) is 5.91 Å². The Morgan fingerprint density at radius 3 is 1.74 bits per heavy atom. The third-order valence-electron chi connectivity index (χ3n) is 7.11. The predicted molar refractivity (Wildman–Crippen MR) is 161 cm³/mol. The zero-order valence-corrected chi connectivity index (χ0v) is 28.2. The minimum Gasteiger partial charge on any atom is -0.668 e. The summed E-state index contributed by atoms with van der Waals surface area (Å²) in [6.45, 7) is 18.3. The van der Waals surface area contributed by atoms with Crippen LogP contribution in [0.15, 0.2) is 59.2 Å². The number of rotatable bonds is 6. The molecule has 1 atom stereocenters. The first-order chi connectivity index (χ1) is 17.9. The quantitative estimate of drug-likeness (QED) is 0.330. The molecule has 2 aromatic carbocycles. The van der Waals surface area contributed by atoms with Crippen LogP contribution >= 0.6 is 0 Å². The molecule has 3 rings (SSSR count). The summed E-state index contributed by atoms with van der Waals surface area (Å²) in [6, 6.07) is 15.0. The van der Waals surface area contributed by atoms with Crippen molar-refractivity contribution in [3.05, 3.63) is 97.6 Å². The summed E-state index contributed by atoms with van der Waals surface area (Å²) in [6.07, 6.45) is 0. The number of nitrogens with zero attached hydrogens (tertiary/aromatic N) is 3. The molecule has 0 saturated carbocycles. The Morgan fingerprint density at radius 1 is 0.842 bits per heavy atom. The second-order valence-electron chi connectivity index (χ2n) is 10.6. The average molecular weight is 594 g/mol. The molecular formula is C33H48N3OZr. The molecule has 0 spiro atoms. The molecule has 0 aromatic heterocycles. The van der Waals surface area contributed by atoms with Crippen molar-refractivity contribution in [3.8, 4) is 0 Å². The Bertz CT molecular complexity index is 1100. The van der Waals surface area contributed by atoms with Gasteiger partial charge in [-0.2, -0.15) is 28.2 Å². The molecule has 1 unspecified atom stereocenters. The maximum Gasteiger partial charge on any atom is -0.162 e. The largest absolute Gasteiger partial charge is 0.668 e. The normalized spacial score (nSPS) is 14.9. The summed E-state index contributed by atoms with van der Waals surface area (Å²) in [4.78, 5) is 13.8. The van der Waals surface area contributed by atoms with Crippen molar-refractivity contribution in [1.29, 1.82) is 0 Å². The van der Waals surface area contributed by atoms with Gasteiger partial charge in [0.05, 0.1) is 0 Å². The van der Waals surface area contributed by atoms with E-state index in [0.29, 0.717) is 24.3 Å². The van der Waals surface area contributed by atoms with Gasteiger partial charge < -0.3 is 10.6 Å². The van der Waals surface area contributed by atoms with Crippen LogP contribution in [-0.4, -0.2) is 36.9 Å². The molecule has 0 bridgehead atoms. The van der Waals surface area contributed by atoms with Crippen molar-refractivity contribution in [2.45, 2.75) is 73.8 Å². The predicted octanol–water partition coefficient (Wildman–Crippen LogP) is 9.04. The van der Waals surface area contributed by atoms with Gasteiger partial charge in [-0.3, -0.25) is 0 Å². The van der Waals surface area contributed by atoms with Gasteiger partial charge in [0.1, 0.15) is 0 Å². The topological polar surface area (TPSA) is 48.5 Å². The molecule has 1 aliphatic rings. The van der Waals surface area contributed by atoms with Crippen LogP contribution in [0.25, 0.3) is 16.2 Å².